The molecule has 0 radical (unpaired) electrons. The number of hydrogen-bond donors (Lipinski definition) is 1. The molecule has 18 heavy (non-hydrogen) atoms. The fourth-order valence-corrected chi connectivity index (χ4v) is 2.12. The Bertz CT molecular complexity index is 344. The Hall–Kier alpha value is -0.800. The second-order valence-electron chi connectivity index (χ2n) is 5.43. The highest BCUT2D eigenvalue weighted by molar-refractivity contribution is 5.16. The third kappa shape index (κ3) is 4.46. The molecule has 1 aliphatic carbocycles. The van der Waals surface area contributed by atoms with E-state index in [-0.39, 0.29) is 0 Å². The van der Waals surface area contributed by atoms with Crippen LogP contribution < -0.4 is 5.32 Å². The lowest BCUT2D eigenvalue weighted by atomic mass is 10.1. The van der Waals surface area contributed by atoms with Crippen molar-refractivity contribution in [3.8, 4) is 0 Å². The molecule has 3 nitrogen and oxygen atoms in total. The van der Waals surface area contributed by atoms with Crippen molar-refractivity contribution in [2.24, 2.45) is 5.92 Å². The molecular weight excluding hydrogens is 226 g/mol. The van der Waals surface area contributed by atoms with Gasteiger partial charge in [0.1, 0.15) is 12.4 Å². The lowest BCUT2D eigenvalue weighted by molar-refractivity contribution is 0.0769. The van der Waals surface area contributed by atoms with Crippen molar-refractivity contribution in [2.75, 3.05) is 6.61 Å². The Balaban J connectivity index is 1.69. The lowest BCUT2D eigenvalue weighted by Gasteiger charge is -2.10. The van der Waals surface area contributed by atoms with Gasteiger partial charge in [-0.2, -0.15) is 0 Å². The molecule has 1 aliphatic rings. The summed E-state index contributed by atoms with van der Waals surface area (Å²) in [5, 5.41) is 3.50. The second-order valence-corrected chi connectivity index (χ2v) is 5.43. The van der Waals surface area contributed by atoms with Gasteiger partial charge in [0.25, 0.3) is 0 Å². The van der Waals surface area contributed by atoms with Crippen LogP contribution in [0.25, 0.3) is 0 Å². The van der Waals surface area contributed by atoms with E-state index in [2.05, 4.69) is 19.2 Å². The number of ether oxygens (including phenoxy) is 1. The van der Waals surface area contributed by atoms with Crippen LogP contribution in [0, 0.1) is 5.92 Å². The average molecular weight is 251 g/mol. The number of nitrogens with one attached hydrogen (secondary N) is 1. The van der Waals surface area contributed by atoms with Crippen molar-refractivity contribution in [2.45, 2.75) is 58.7 Å². The second kappa shape index (κ2) is 6.95. The van der Waals surface area contributed by atoms with Crippen molar-refractivity contribution in [3.05, 3.63) is 23.7 Å². The molecule has 0 spiro atoms. The third-order valence-corrected chi connectivity index (χ3v) is 3.41. The number of hydrogen-bond acceptors (Lipinski definition) is 3. The smallest absolute Gasteiger partial charge is 0.133 e. The van der Waals surface area contributed by atoms with Crippen LogP contribution in [-0.2, 0) is 17.9 Å². The fraction of sp³-hybridized carbons (Fsp3) is 0.733. The molecule has 2 rings (SSSR count). The molecule has 1 fully saturated rings. The highest BCUT2D eigenvalue weighted by Gasteiger charge is 2.20. The van der Waals surface area contributed by atoms with Crippen LogP contribution in [0.5, 0.6) is 0 Å². The van der Waals surface area contributed by atoms with Crippen LogP contribution in [0.4, 0.5) is 0 Å². The lowest BCUT2D eigenvalue weighted by Crippen LogP contribution is -2.16. The first-order valence-electron chi connectivity index (χ1n) is 7.16. The first-order valence-corrected chi connectivity index (χ1v) is 7.16. The van der Waals surface area contributed by atoms with Crippen molar-refractivity contribution >= 4 is 0 Å². The van der Waals surface area contributed by atoms with Gasteiger partial charge < -0.3 is 14.5 Å². The van der Waals surface area contributed by atoms with E-state index in [0.717, 1.165) is 25.0 Å². The summed E-state index contributed by atoms with van der Waals surface area (Å²) in [5.41, 5.74) is 1.24. The van der Waals surface area contributed by atoms with Crippen LogP contribution in [0.1, 0.15) is 50.9 Å². The zero-order valence-corrected chi connectivity index (χ0v) is 11.6. The Morgan fingerprint density at radius 3 is 3.06 bits per heavy atom. The molecule has 1 heterocycles. The minimum atomic E-state index is 0.600. The van der Waals surface area contributed by atoms with E-state index in [1.165, 1.54) is 31.2 Å². The maximum Gasteiger partial charge on any atom is 0.133 e. The minimum absolute atomic E-state index is 0.600. The normalized spacial score (nSPS) is 17.0. The van der Waals surface area contributed by atoms with Crippen molar-refractivity contribution in [1.29, 1.82) is 0 Å². The van der Waals surface area contributed by atoms with E-state index in [1.54, 1.807) is 6.26 Å². The van der Waals surface area contributed by atoms with Gasteiger partial charge in [-0.1, -0.05) is 20.3 Å². The van der Waals surface area contributed by atoms with Crippen LogP contribution in [0.3, 0.4) is 0 Å². The minimum Gasteiger partial charge on any atom is -0.467 e. The van der Waals surface area contributed by atoms with E-state index in [4.69, 9.17) is 9.15 Å². The van der Waals surface area contributed by atoms with Gasteiger partial charge in [-0.25, -0.2) is 0 Å². The molecule has 0 saturated heterocycles. The molecule has 0 aliphatic heterocycles. The quantitative estimate of drug-likeness (QED) is 0.729. The predicted octanol–water partition coefficient (Wildman–Crippen LogP) is 3.48. The van der Waals surface area contributed by atoms with Gasteiger partial charge in [0, 0.05) is 24.8 Å². The molecular formula is C15H25NO2. The summed E-state index contributed by atoms with van der Waals surface area (Å²) < 4.78 is 11.2. The molecule has 1 unspecified atom stereocenters. The van der Waals surface area contributed by atoms with E-state index >= 15 is 0 Å². The maximum atomic E-state index is 5.73. The highest BCUT2D eigenvalue weighted by Crippen LogP contribution is 2.20. The van der Waals surface area contributed by atoms with Gasteiger partial charge in [0.05, 0.1) is 6.26 Å². The third-order valence-electron chi connectivity index (χ3n) is 3.41. The van der Waals surface area contributed by atoms with Gasteiger partial charge in [0.15, 0.2) is 0 Å². The van der Waals surface area contributed by atoms with E-state index in [1.807, 2.05) is 6.07 Å². The molecule has 0 aromatic carbocycles. The standard InChI is InChI=1S/C15H25NO2/c1-3-4-12(2)10-17-11-15-13(7-8-18-15)9-16-14-5-6-14/h7-8,12,14,16H,3-6,9-11H2,1-2H3. The summed E-state index contributed by atoms with van der Waals surface area (Å²) in [6.07, 6.45) is 6.85. The predicted molar refractivity (Wildman–Crippen MR) is 72.3 cm³/mol. The highest BCUT2D eigenvalue weighted by atomic mass is 16.5. The largest absolute Gasteiger partial charge is 0.467 e. The molecule has 0 bridgehead atoms. The summed E-state index contributed by atoms with van der Waals surface area (Å²) in [6.45, 7) is 6.78. The van der Waals surface area contributed by atoms with E-state index in [0.29, 0.717) is 12.5 Å². The van der Waals surface area contributed by atoms with E-state index in [9.17, 15) is 0 Å². The molecule has 1 aromatic heterocycles. The Labute approximate surface area is 110 Å². The van der Waals surface area contributed by atoms with E-state index < -0.39 is 0 Å². The topological polar surface area (TPSA) is 34.4 Å². The zero-order valence-electron chi connectivity index (χ0n) is 11.6. The van der Waals surface area contributed by atoms with Crippen LogP contribution in [-0.4, -0.2) is 12.6 Å². The summed E-state index contributed by atoms with van der Waals surface area (Å²) in [4.78, 5) is 0. The summed E-state index contributed by atoms with van der Waals surface area (Å²) in [6, 6.07) is 2.78. The molecule has 3 heteroatoms. The first-order chi connectivity index (χ1) is 8.79. The summed E-state index contributed by atoms with van der Waals surface area (Å²) in [7, 11) is 0. The first kappa shape index (κ1) is 13.6. The van der Waals surface area contributed by atoms with Gasteiger partial charge in [-0.15, -0.1) is 0 Å². The van der Waals surface area contributed by atoms with Crippen LogP contribution >= 0.6 is 0 Å². The zero-order chi connectivity index (χ0) is 12.8. The van der Waals surface area contributed by atoms with Gasteiger partial charge in [-0.3, -0.25) is 0 Å². The van der Waals surface area contributed by atoms with Gasteiger partial charge in [-0.05, 0) is 31.2 Å². The number of rotatable bonds is 9. The fourth-order valence-electron chi connectivity index (χ4n) is 2.12. The van der Waals surface area contributed by atoms with Crippen molar-refractivity contribution in [3.63, 3.8) is 0 Å². The maximum absolute atomic E-state index is 5.73. The average Bonchev–Trinajstić information content (AvgIpc) is 3.07. The molecule has 1 N–H and O–H groups in total. The Kier molecular flexibility index (Phi) is 5.26. The van der Waals surface area contributed by atoms with Crippen LogP contribution in [0.15, 0.2) is 16.7 Å². The van der Waals surface area contributed by atoms with Gasteiger partial charge in [0.2, 0.25) is 0 Å². The van der Waals surface area contributed by atoms with Gasteiger partial charge >= 0.3 is 0 Å². The van der Waals surface area contributed by atoms with Crippen molar-refractivity contribution < 1.29 is 9.15 Å². The molecule has 1 saturated carbocycles. The van der Waals surface area contributed by atoms with Crippen LogP contribution in [0.2, 0.25) is 0 Å². The van der Waals surface area contributed by atoms with Crippen molar-refractivity contribution in [1.82, 2.24) is 5.32 Å². The summed E-state index contributed by atoms with van der Waals surface area (Å²) in [5.74, 6) is 1.62. The molecule has 1 aromatic rings. The summed E-state index contributed by atoms with van der Waals surface area (Å²) >= 11 is 0. The molecule has 0 amide bonds. The molecule has 1 atom stereocenters. The SMILES string of the molecule is CCCC(C)COCc1occc1CNC1CC1. The monoisotopic (exact) mass is 251 g/mol. The Morgan fingerprint density at radius 2 is 2.33 bits per heavy atom. The number of furan rings is 1. The molecule has 102 valence electrons. The Morgan fingerprint density at radius 1 is 1.50 bits per heavy atom.